The first-order valence-corrected chi connectivity index (χ1v) is 10.0. The number of hydrogen-bond donors (Lipinski definition) is 3. The first kappa shape index (κ1) is 20.5. The Morgan fingerprint density at radius 3 is 2.90 bits per heavy atom. The zero-order valence-electron chi connectivity index (χ0n) is 17.4. The molecule has 9 heteroatoms. The molecule has 1 aliphatic rings. The lowest BCUT2D eigenvalue weighted by Crippen LogP contribution is -2.31. The van der Waals surface area contributed by atoms with Crippen LogP contribution in [-0.2, 0) is 11.2 Å². The smallest absolute Gasteiger partial charge is 0.257 e. The minimum atomic E-state index is -0.509. The van der Waals surface area contributed by atoms with Crippen LogP contribution in [0.15, 0.2) is 59.9 Å². The molecule has 1 atom stereocenters. The predicted molar refractivity (Wildman–Crippen MR) is 116 cm³/mol. The summed E-state index contributed by atoms with van der Waals surface area (Å²) in [5.74, 6) is 2.01. The molecule has 0 fully saturated rings. The van der Waals surface area contributed by atoms with Crippen molar-refractivity contribution in [1.29, 1.82) is 0 Å². The molecule has 0 saturated carbocycles. The number of anilines is 2. The van der Waals surface area contributed by atoms with Crippen LogP contribution in [0, 0.1) is 0 Å². The number of pyridine rings is 1. The first-order chi connectivity index (χ1) is 15.1. The second-order valence-electron chi connectivity index (χ2n) is 7.14. The van der Waals surface area contributed by atoms with Gasteiger partial charge in [0.25, 0.3) is 5.91 Å². The number of aromatic nitrogens is 4. The number of allylic oxidation sites excluding steroid dienone is 1. The standard InChI is InChI=1S/C22H24N6O3/c1-14-19(21(30)25-17-9-3-4-11-23-17)20(15-7-5-8-16(13-15)31-2)28-22(24-14)26-18(27-28)10-6-12-29/h3-5,7-9,11,13,20,29H,6,10,12H2,1-2H3,(H,23,25,30)(H,24,26,27). The van der Waals surface area contributed by atoms with Gasteiger partial charge in [0, 0.05) is 24.9 Å². The number of methoxy groups -OCH3 is 1. The zero-order valence-corrected chi connectivity index (χ0v) is 17.4. The van der Waals surface area contributed by atoms with E-state index >= 15 is 0 Å². The van der Waals surface area contributed by atoms with Crippen molar-refractivity contribution in [3.05, 3.63) is 71.3 Å². The minimum Gasteiger partial charge on any atom is -0.497 e. The molecule has 0 radical (unpaired) electrons. The van der Waals surface area contributed by atoms with E-state index in [1.165, 1.54) is 0 Å². The summed E-state index contributed by atoms with van der Waals surface area (Å²) < 4.78 is 7.11. The number of ether oxygens (including phenoxy) is 1. The number of aliphatic hydroxyl groups is 1. The molecule has 9 nitrogen and oxygen atoms in total. The Balaban J connectivity index is 1.77. The molecule has 1 aliphatic heterocycles. The van der Waals surface area contributed by atoms with Crippen molar-refractivity contribution in [2.24, 2.45) is 0 Å². The van der Waals surface area contributed by atoms with Crippen LogP contribution in [0.3, 0.4) is 0 Å². The molecular weight excluding hydrogens is 396 g/mol. The van der Waals surface area contributed by atoms with Crippen molar-refractivity contribution < 1.29 is 14.6 Å². The van der Waals surface area contributed by atoms with Gasteiger partial charge < -0.3 is 20.5 Å². The van der Waals surface area contributed by atoms with E-state index in [0.29, 0.717) is 47.5 Å². The molecule has 2 aromatic heterocycles. The number of hydrogen-bond acceptors (Lipinski definition) is 7. The highest BCUT2D eigenvalue weighted by Crippen LogP contribution is 2.36. The number of benzene rings is 1. The van der Waals surface area contributed by atoms with Crippen LogP contribution >= 0.6 is 0 Å². The normalized spacial score (nSPS) is 15.3. The summed E-state index contributed by atoms with van der Waals surface area (Å²) in [6.07, 6.45) is 2.72. The van der Waals surface area contributed by atoms with E-state index in [-0.39, 0.29) is 12.5 Å². The van der Waals surface area contributed by atoms with Crippen molar-refractivity contribution in [1.82, 2.24) is 19.7 Å². The lowest BCUT2D eigenvalue weighted by Gasteiger charge is -2.28. The molecule has 3 heterocycles. The van der Waals surface area contributed by atoms with Crippen LogP contribution in [-0.4, -0.2) is 44.5 Å². The van der Waals surface area contributed by atoms with Crippen molar-refractivity contribution in [2.75, 3.05) is 24.4 Å². The van der Waals surface area contributed by atoms with Gasteiger partial charge >= 0.3 is 0 Å². The Morgan fingerprint density at radius 2 is 2.16 bits per heavy atom. The van der Waals surface area contributed by atoms with Crippen molar-refractivity contribution in [2.45, 2.75) is 25.8 Å². The second-order valence-corrected chi connectivity index (χ2v) is 7.14. The van der Waals surface area contributed by atoms with E-state index < -0.39 is 6.04 Å². The van der Waals surface area contributed by atoms with Gasteiger partial charge in [-0.05, 0) is 43.2 Å². The Bertz CT molecular complexity index is 1110. The molecular formula is C22H24N6O3. The Morgan fingerprint density at radius 1 is 1.29 bits per heavy atom. The minimum absolute atomic E-state index is 0.0611. The van der Waals surface area contributed by atoms with Crippen LogP contribution in [0.2, 0.25) is 0 Å². The zero-order chi connectivity index (χ0) is 21.8. The summed E-state index contributed by atoms with van der Waals surface area (Å²) in [5.41, 5.74) is 2.02. The third-order valence-corrected chi connectivity index (χ3v) is 5.02. The van der Waals surface area contributed by atoms with Crippen molar-refractivity contribution in [3.63, 3.8) is 0 Å². The second kappa shape index (κ2) is 8.97. The van der Waals surface area contributed by atoms with Gasteiger partial charge in [-0.1, -0.05) is 18.2 Å². The van der Waals surface area contributed by atoms with Gasteiger partial charge in [0.05, 0.1) is 12.7 Å². The summed E-state index contributed by atoms with van der Waals surface area (Å²) >= 11 is 0. The molecule has 1 unspecified atom stereocenters. The third-order valence-electron chi connectivity index (χ3n) is 5.02. The molecule has 3 N–H and O–H groups in total. The van der Waals surface area contributed by atoms with E-state index in [2.05, 4.69) is 25.7 Å². The predicted octanol–water partition coefficient (Wildman–Crippen LogP) is 2.53. The lowest BCUT2D eigenvalue weighted by molar-refractivity contribution is -0.113. The number of aliphatic hydroxyl groups excluding tert-OH is 1. The van der Waals surface area contributed by atoms with Gasteiger partial charge in [-0.15, -0.1) is 0 Å². The van der Waals surface area contributed by atoms with Gasteiger partial charge in [0.1, 0.15) is 17.6 Å². The van der Waals surface area contributed by atoms with E-state index in [9.17, 15) is 4.79 Å². The van der Waals surface area contributed by atoms with Gasteiger partial charge in [-0.2, -0.15) is 10.1 Å². The number of fused-ring (bicyclic) bond motifs is 1. The van der Waals surface area contributed by atoms with E-state index in [1.54, 1.807) is 30.1 Å². The van der Waals surface area contributed by atoms with Gasteiger partial charge in [0.2, 0.25) is 5.95 Å². The van der Waals surface area contributed by atoms with Crippen LogP contribution in [0.5, 0.6) is 5.75 Å². The fourth-order valence-electron chi connectivity index (χ4n) is 3.57. The highest BCUT2D eigenvalue weighted by Gasteiger charge is 2.34. The van der Waals surface area contributed by atoms with Crippen LogP contribution in [0.1, 0.15) is 30.8 Å². The fourth-order valence-corrected chi connectivity index (χ4v) is 3.57. The first-order valence-electron chi connectivity index (χ1n) is 10.0. The van der Waals surface area contributed by atoms with E-state index in [0.717, 1.165) is 5.56 Å². The largest absolute Gasteiger partial charge is 0.497 e. The third kappa shape index (κ3) is 4.26. The Kier molecular flexibility index (Phi) is 5.94. The molecule has 4 rings (SSSR count). The maximum Gasteiger partial charge on any atom is 0.257 e. The maximum atomic E-state index is 13.3. The average Bonchev–Trinajstić information content (AvgIpc) is 3.19. The quantitative estimate of drug-likeness (QED) is 0.538. The van der Waals surface area contributed by atoms with Gasteiger partial charge in [-0.3, -0.25) is 4.79 Å². The fraction of sp³-hybridized carbons (Fsp3) is 0.273. The summed E-state index contributed by atoms with van der Waals surface area (Å²) in [6.45, 7) is 1.90. The van der Waals surface area contributed by atoms with Crippen molar-refractivity contribution >= 4 is 17.7 Å². The maximum absolute atomic E-state index is 13.3. The average molecular weight is 420 g/mol. The SMILES string of the molecule is COc1cccc(C2C(C(=O)Nc3ccccn3)=C(C)Nc3nc(CCCO)nn32)c1. The molecule has 3 aromatic rings. The molecule has 31 heavy (non-hydrogen) atoms. The highest BCUT2D eigenvalue weighted by atomic mass is 16.5. The molecule has 1 aromatic carbocycles. The highest BCUT2D eigenvalue weighted by molar-refractivity contribution is 6.05. The molecule has 0 bridgehead atoms. The number of carbonyl (C=O) groups is 1. The van der Waals surface area contributed by atoms with E-state index in [1.807, 2.05) is 37.3 Å². The molecule has 0 aliphatic carbocycles. The monoisotopic (exact) mass is 420 g/mol. The van der Waals surface area contributed by atoms with Crippen LogP contribution < -0.4 is 15.4 Å². The topological polar surface area (TPSA) is 114 Å². The summed E-state index contributed by atoms with van der Waals surface area (Å²) in [7, 11) is 1.60. The van der Waals surface area contributed by atoms with Crippen LogP contribution in [0.25, 0.3) is 0 Å². The molecule has 0 spiro atoms. The van der Waals surface area contributed by atoms with Gasteiger partial charge in [-0.25, -0.2) is 9.67 Å². The number of rotatable bonds is 7. The Hall–Kier alpha value is -3.72. The molecule has 160 valence electrons. The molecule has 0 saturated heterocycles. The summed E-state index contributed by atoms with van der Waals surface area (Å²) in [6, 6.07) is 12.4. The number of carbonyl (C=O) groups excluding carboxylic acids is 1. The molecule has 1 amide bonds. The summed E-state index contributed by atoms with van der Waals surface area (Å²) in [5, 5.41) is 19.9. The van der Waals surface area contributed by atoms with E-state index in [4.69, 9.17) is 9.84 Å². The lowest BCUT2D eigenvalue weighted by atomic mass is 9.95. The van der Waals surface area contributed by atoms with Gasteiger partial charge in [0.15, 0.2) is 5.82 Å². The Labute approximate surface area is 179 Å². The number of aryl methyl sites for hydroxylation is 1. The number of nitrogens with zero attached hydrogens (tertiary/aromatic N) is 4. The number of nitrogens with one attached hydrogen (secondary N) is 2. The number of amides is 1. The van der Waals surface area contributed by atoms with Crippen molar-refractivity contribution in [3.8, 4) is 5.75 Å². The van der Waals surface area contributed by atoms with Crippen LogP contribution in [0.4, 0.5) is 11.8 Å². The summed E-state index contributed by atoms with van der Waals surface area (Å²) in [4.78, 5) is 22.1.